The van der Waals surface area contributed by atoms with Crippen molar-refractivity contribution in [2.24, 2.45) is 0 Å². The average Bonchev–Trinajstić information content (AvgIpc) is 2.11. The first-order chi connectivity index (χ1) is 6.31. The van der Waals surface area contributed by atoms with Crippen molar-refractivity contribution in [1.29, 1.82) is 0 Å². The van der Waals surface area contributed by atoms with Gasteiger partial charge in [-0.25, -0.2) is 4.79 Å². The van der Waals surface area contributed by atoms with Gasteiger partial charge in [0.2, 0.25) is 0 Å². The van der Waals surface area contributed by atoms with Crippen LogP contribution in [0.5, 0.6) is 0 Å². The lowest BCUT2D eigenvalue weighted by Gasteiger charge is -2.01. The summed E-state index contributed by atoms with van der Waals surface area (Å²) < 4.78 is 9.31. The van der Waals surface area contributed by atoms with Crippen molar-refractivity contribution < 1.29 is 14.3 Å². The van der Waals surface area contributed by atoms with Gasteiger partial charge in [0.25, 0.3) is 0 Å². The first-order valence-corrected chi connectivity index (χ1v) is 4.56. The summed E-state index contributed by atoms with van der Waals surface area (Å²) in [6.07, 6.45) is 1.82. The van der Waals surface area contributed by atoms with Crippen LogP contribution >= 0.6 is 0 Å². The third-order valence-corrected chi connectivity index (χ3v) is 1.23. The van der Waals surface area contributed by atoms with Crippen LogP contribution in [0.15, 0.2) is 0 Å². The van der Waals surface area contributed by atoms with E-state index in [9.17, 15) is 4.79 Å². The van der Waals surface area contributed by atoms with E-state index in [0.29, 0.717) is 13.2 Å². The van der Waals surface area contributed by atoms with Gasteiger partial charge in [0.15, 0.2) is 0 Å². The van der Waals surface area contributed by atoms with Crippen LogP contribution in [0.4, 0.5) is 4.79 Å². The standard InChI is InChI=1S/C10H16O3/c1-3-5-6-7-8-9-13-10(11)12-4-2/h3-4,7-9H2,1-2H3. The molecule has 0 heterocycles. The molecule has 0 unspecified atom stereocenters. The number of unbranched alkanes of at least 4 members (excludes halogenated alkanes) is 1. The first kappa shape index (κ1) is 11.8. The maximum Gasteiger partial charge on any atom is 0.508 e. The number of hydrogen-bond acceptors (Lipinski definition) is 3. The molecule has 0 N–H and O–H groups in total. The molecule has 0 aromatic heterocycles. The quantitative estimate of drug-likeness (QED) is 0.382. The molecule has 0 saturated heterocycles. The van der Waals surface area contributed by atoms with Crippen LogP contribution in [0, 0.1) is 11.8 Å². The van der Waals surface area contributed by atoms with E-state index in [2.05, 4.69) is 16.6 Å². The van der Waals surface area contributed by atoms with Gasteiger partial charge in [-0.3, -0.25) is 0 Å². The molecule has 3 nitrogen and oxygen atoms in total. The SMILES string of the molecule is CCC#CCCCOC(=O)OCC. The second-order valence-electron chi connectivity index (χ2n) is 2.34. The lowest BCUT2D eigenvalue weighted by molar-refractivity contribution is 0.0586. The van der Waals surface area contributed by atoms with Crippen molar-refractivity contribution in [2.45, 2.75) is 33.1 Å². The monoisotopic (exact) mass is 184 g/mol. The highest BCUT2D eigenvalue weighted by Crippen LogP contribution is 1.91. The smallest absolute Gasteiger partial charge is 0.435 e. The molecule has 0 radical (unpaired) electrons. The largest absolute Gasteiger partial charge is 0.508 e. The van der Waals surface area contributed by atoms with E-state index in [1.165, 1.54) is 0 Å². The van der Waals surface area contributed by atoms with Crippen LogP contribution < -0.4 is 0 Å². The minimum Gasteiger partial charge on any atom is -0.435 e. The molecule has 0 aromatic rings. The van der Waals surface area contributed by atoms with Gasteiger partial charge in [0.05, 0.1) is 13.2 Å². The summed E-state index contributed by atoms with van der Waals surface area (Å²) in [4.78, 5) is 10.7. The average molecular weight is 184 g/mol. The number of ether oxygens (including phenoxy) is 2. The summed E-state index contributed by atoms with van der Waals surface area (Å²) in [7, 11) is 0. The van der Waals surface area contributed by atoms with Crippen LogP contribution in [-0.4, -0.2) is 19.4 Å². The van der Waals surface area contributed by atoms with Crippen molar-refractivity contribution in [3.8, 4) is 11.8 Å². The minimum absolute atomic E-state index is 0.356. The van der Waals surface area contributed by atoms with Gasteiger partial charge >= 0.3 is 6.16 Å². The second-order valence-corrected chi connectivity index (χ2v) is 2.34. The Labute approximate surface area is 79.4 Å². The van der Waals surface area contributed by atoms with Gasteiger partial charge in [-0.2, -0.15) is 0 Å². The summed E-state index contributed by atoms with van der Waals surface area (Å²) in [5, 5.41) is 0. The Morgan fingerprint density at radius 1 is 1.23 bits per heavy atom. The van der Waals surface area contributed by atoms with Crippen molar-refractivity contribution in [3.63, 3.8) is 0 Å². The van der Waals surface area contributed by atoms with Gasteiger partial charge in [0, 0.05) is 12.8 Å². The lowest BCUT2D eigenvalue weighted by atomic mass is 10.3. The van der Waals surface area contributed by atoms with Crippen molar-refractivity contribution >= 4 is 6.16 Å². The van der Waals surface area contributed by atoms with Crippen LogP contribution in [0.2, 0.25) is 0 Å². The lowest BCUT2D eigenvalue weighted by Crippen LogP contribution is -2.07. The number of rotatable bonds is 4. The van der Waals surface area contributed by atoms with E-state index in [1.54, 1.807) is 6.92 Å². The number of carbonyl (C=O) groups excluding carboxylic acids is 1. The molecule has 0 spiro atoms. The molecule has 0 saturated carbocycles. The zero-order valence-electron chi connectivity index (χ0n) is 8.26. The van der Waals surface area contributed by atoms with E-state index in [4.69, 9.17) is 4.74 Å². The Bertz CT molecular complexity index is 188. The molecule has 0 aliphatic carbocycles. The predicted octanol–water partition coefficient (Wildman–Crippen LogP) is 2.35. The normalized spacial score (nSPS) is 8.46. The van der Waals surface area contributed by atoms with E-state index < -0.39 is 6.16 Å². The third-order valence-electron chi connectivity index (χ3n) is 1.23. The minimum atomic E-state index is -0.592. The summed E-state index contributed by atoms with van der Waals surface area (Å²) >= 11 is 0. The second kappa shape index (κ2) is 8.92. The summed E-state index contributed by atoms with van der Waals surface area (Å²) in [5.41, 5.74) is 0. The Hall–Kier alpha value is -1.17. The van der Waals surface area contributed by atoms with E-state index in [-0.39, 0.29) is 0 Å². The van der Waals surface area contributed by atoms with Gasteiger partial charge in [-0.1, -0.05) is 6.92 Å². The molecule has 13 heavy (non-hydrogen) atoms. The van der Waals surface area contributed by atoms with Crippen molar-refractivity contribution in [1.82, 2.24) is 0 Å². The fourth-order valence-electron chi connectivity index (χ4n) is 0.689. The Balaban J connectivity index is 3.20. The van der Waals surface area contributed by atoms with E-state index in [0.717, 1.165) is 19.3 Å². The van der Waals surface area contributed by atoms with E-state index >= 15 is 0 Å². The first-order valence-electron chi connectivity index (χ1n) is 4.56. The van der Waals surface area contributed by atoms with Crippen LogP contribution in [0.1, 0.15) is 33.1 Å². The van der Waals surface area contributed by atoms with Gasteiger partial charge in [-0.05, 0) is 13.3 Å². The third kappa shape index (κ3) is 8.74. The highest BCUT2D eigenvalue weighted by Gasteiger charge is 1.99. The zero-order valence-corrected chi connectivity index (χ0v) is 8.26. The molecule has 0 amide bonds. The van der Waals surface area contributed by atoms with Crippen LogP contribution in [0.25, 0.3) is 0 Å². The molecular weight excluding hydrogens is 168 g/mol. The molecule has 0 bridgehead atoms. The topological polar surface area (TPSA) is 35.5 Å². The molecule has 0 fully saturated rings. The Morgan fingerprint density at radius 2 is 2.00 bits per heavy atom. The van der Waals surface area contributed by atoms with Crippen LogP contribution in [-0.2, 0) is 9.47 Å². The summed E-state index contributed by atoms with van der Waals surface area (Å²) in [5.74, 6) is 5.90. The summed E-state index contributed by atoms with van der Waals surface area (Å²) in [6.45, 7) is 4.49. The molecule has 3 heteroatoms. The summed E-state index contributed by atoms with van der Waals surface area (Å²) in [6, 6.07) is 0. The highest BCUT2D eigenvalue weighted by atomic mass is 16.7. The highest BCUT2D eigenvalue weighted by molar-refractivity contribution is 5.59. The van der Waals surface area contributed by atoms with Gasteiger partial charge in [0.1, 0.15) is 0 Å². The fourth-order valence-corrected chi connectivity index (χ4v) is 0.689. The molecule has 0 aliphatic rings. The maximum absolute atomic E-state index is 10.7. The molecule has 0 aliphatic heterocycles. The Morgan fingerprint density at radius 3 is 2.62 bits per heavy atom. The fraction of sp³-hybridized carbons (Fsp3) is 0.700. The van der Waals surface area contributed by atoms with Crippen molar-refractivity contribution in [3.05, 3.63) is 0 Å². The number of hydrogen-bond donors (Lipinski definition) is 0. The molecule has 0 aromatic carbocycles. The zero-order chi connectivity index (χ0) is 9.94. The molecular formula is C10H16O3. The number of carbonyl (C=O) groups is 1. The predicted molar refractivity (Wildman–Crippen MR) is 50.3 cm³/mol. The molecule has 0 rings (SSSR count). The van der Waals surface area contributed by atoms with Gasteiger partial charge in [-0.15, -0.1) is 11.8 Å². The maximum atomic E-state index is 10.7. The molecule has 74 valence electrons. The van der Waals surface area contributed by atoms with Crippen molar-refractivity contribution in [2.75, 3.05) is 13.2 Å². The van der Waals surface area contributed by atoms with Gasteiger partial charge < -0.3 is 9.47 Å². The Kier molecular flexibility index (Phi) is 8.12. The van der Waals surface area contributed by atoms with Crippen LogP contribution in [0.3, 0.4) is 0 Å². The molecule has 0 atom stereocenters. The van der Waals surface area contributed by atoms with E-state index in [1.807, 2.05) is 6.92 Å².